The number of carbonyl (C=O) groups is 2. The molecule has 0 aliphatic rings. The van der Waals surface area contributed by atoms with Crippen LogP contribution >= 0.6 is 0 Å². The van der Waals surface area contributed by atoms with Gasteiger partial charge in [-0.15, -0.1) is 0 Å². The lowest BCUT2D eigenvalue weighted by Gasteiger charge is -2.12. The number of hydrogen-bond donors (Lipinski definition) is 1. The summed E-state index contributed by atoms with van der Waals surface area (Å²) in [6, 6.07) is 15.7. The van der Waals surface area contributed by atoms with Gasteiger partial charge in [0.25, 0.3) is 0 Å². The van der Waals surface area contributed by atoms with Crippen molar-refractivity contribution in [3.63, 3.8) is 0 Å². The molecule has 0 saturated heterocycles. The number of hydrogen-bond acceptors (Lipinski definition) is 4. The fourth-order valence-electron chi connectivity index (χ4n) is 1.99. The fourth-order valence-corrected chi connectivity index (χ4v) is 1.99. The largest absolute Gasteiger partial charge is 0.460 e. The number of rotatable bonds is 6. The zero-order valence-corrected chi connectivity index (χ0v) is 11.6. The first-order valence-electron chi connectivity index (χ1n) is 6.70. The van der Waals surface area contributed by atoms with Gasteiger partial charge >= 0.3 is 5.97 Å². The minimum atomic E-state index is -0.783. The Balaban J connectivity index is 1.92. The lowest BCUT2D eigenvalue weighted by Crippen LogP contribution is -2.34. The zero-order valence-electron chi connectivity index (χ0n) is 11.6. The summed E-state index contributed by atoms with van der Waals surface area (Å²) < 4.78 is 5.18. The minimum absolute atomic E-state index is 0.197. The third-order valence-corrected chi connectivity index (χ3v) is 3.15. The monoisotopic (exact) mass is 283 g/mol. The SMILES string of the molecule is N[C@@H](Cc1ccccc1C=O)C(=O)OCc1ccccc1. The third kappa shape index (κ3) is 4.26. The second-order valence-corrected chi connectivity index (χ2v) is 4.72. The van der Waals surface area contributed by atoms with Crippen LogP contribution in [0.15, 0.2) is 54.6 Å². The molecule has 0 amide bonds. The molecule has 4 nitrogen and oxygen atoms in total. The molecule has 2 rings (SSSR count). The average Bonchev–Trinajstić information content (AvgIpc) is 2.54. The molecule has 2 N–H and O–H groups in total. The fraction of sp³-hybridized carbons (Fsp3) is 0.176. The summed E-state index contributed by atoms with van der Waals surface area (Å²) >= 11 is 0. The van der Waals surface area contributed by atoms with E-state index in [1.807, 2.05) is 36.4 Å². The van der Waals surface area contributed by atoms with Crippen LogP contribution in [0.25, 0.3) is 0 Å². The normalized spacial score (nSPS) is 11.7. The molecule has 21 heavy (non-hydrogen) atoms. The summed E-state index contributed by atoms with van der Waals surface area (Å²) in [5.41, 5.74) is 8.05. The van der Waals surface area contributed by atoms with Gasteiger partial charge in [-0.2, -0.15) is 0 Å². The third-order valence-electron chi connectivity index (χ3n) is 3.15. The molecule has 2 aromatic rings. The van der Waals surface area contributed by atoms with Crippen molar-refractivity contribution >= 4 is 12.3 Å². The Morgan fingerprint density at radius 1 is 1.10 bits per heavy atom. The van der Waals surface area contributed by atoms with Crippen LogP contribution in [-0.2, 0) is 22.6 Å². The van der Waals surface area contributed by atoms with E-state index in [0.717, 1.165) is 17.4 Å². The predicted molar refractivity (Wildman–Crippen MR) is 79.7 cm³/mol. The Kier molecular flexibility index (Phi) is 5.23. The van der Waals surface area contributed by atoms with E-state index < -0.39 is 12.0 Å². The highest BCUT2D eigenvalue weighted by Gasteiger charge is 2.17. The average molecular weight is 283 g/mol. The van der Waals surface area contributed by atoms with E-state index in [2.05, 4.69) is 0 Å². The molecule has 0 heterocycles. The lowest BCUT2D eigenvalue weighted by molar-refractivity contribution is -0.146. The second kappa shape index (κ2) is 7.36. The summed E-state index contributed by atoms with van der Waals surface area (Å²) in [6.45, 7) is 0.197. The van der Waals surface area contributed by atoms with Crippen LogP contribution in [0.4, 0.5) is 0 Å². The van der Waals surface area contributed by atoms with Crippen LogP contribution in [0.2, 0.25) is 0 Å². The van der Waals surface area contributed by atoms with E-state index in [1.165, 1.54) is 0 Å². The Morgan fingerprint density at radius 3 is 2.48 bits per heavy atom. The maximum atomic E-state index is 11.9. The molecule has 2 aromatic carbocycles. The number of esters is 1. The number of nitrogens with two attached hydrogens (primary N) is 1. The van der Waals surface area contributed by atoms with Crippen molar-refractivity contribution in [1.29, 1.82) is 0 Å². The predicted octanol–water partition coefficient (Wildman–Crippen LogP) is 2.11. The van der Waals surface area contributed by atoms with Gasteiger partial charge in [0, 0.05) is 5.56 Å². The Bertz CT molecular complexity index is 610. The van der Waals surface area contributed by atoms with Crippen molar-refractivity contribution < 1.29 is 14.3 Å². The first kappa shape index (κ1) is 14.9. The van der Waals surface area contributed by atoms with Gasteiger partial charge in [0.1, 0.15) is 18.9 Å². The van der Waals surface area contributed by atoms with E-state index >= 15 is 0 Å². The molecule has 0 saturated carbocycles. The van der Waals surface area contributed by atoms with Crippen LogP contribution < -0.4 is 5.73 Å². The Morgan fingerprint density at radius 2 is 1.76 bits per heavy atom. The summed E-state index contributed by atoms with van der Waals surface area (Å²) in [5, 5.41) is 0. The summed E-state index contributed by atoms with van der Waals surface area (Å²) in [6.07, 6.45) is 1.04. The molecule has 0 radical (unpaired) electrons. The lowest BCUT2D eigenvalue weighted by atomic mass is 10.0. The molecule has 0 fully saturated rings. The highest BCUT2D eigenvalue weighted by Crippen LogP contribution is 2.10. The Labute approximate surface area is 123 Å². The summed E-state index contributed by atoms with van der Waals surface area (Å²) in [4.78, 5) is 22.8. The molecule has 0 bridgehead atoms. The smallest absolute Gasteiger partial charge is 0.323 e. The molecule has 0 spiro atoms. The van der Waals surface area contributed by atoms with Crippen LogP contribution in [0.1, 0.15) is 21.5 Å². The van der Waals surface area contributed by atoms with Gasteiger partial charge in [0.15, 0.2) is 0 Å². The molecular formula is C17H17NO3. The quantitative estimate of drug-likeness (QED) is 0.651. The van der Waals surface area contributed by atoms with E-state index in [1.54, 1.807) is 18.2 Å². The Hall–Kier alpha value is -2.46. The van der Waals surface area contributed by atoms with Crippen LogP contribution in [-0.4, -0.2) is 18.3 Å². The molecule has 0 aromatic heterocycles. The molecule has 0 unspecified atom stereocenters. The van der Waals surface area contributed by atoms with Crippen molar-refractivity contribution in [2.75, 3.05) is 0 Å². The summed E-state index contributed by atoms with van der Waals surface area (Å²) in [5.74, 6) is -0.473. The number of benzene rings is 2. The van der Waals surface area contributed by atoms with Crippen molar-refractivity contribution in [2.45, 2.75) is 19.1 Å². The molecular weight excluding hydrogens is 266 g/mol. The first-order chi connectivity index (χ1) is 10.2. The van der Waals surface area contributed by atoms with Gasteiger partial charge in [-0.3, -0.25) is 9.59 Å². The number of carbonyl (C=O) groups excluding carboxylic acids is 2. The van der Waals surface area contributed by atoms with Crippen molar-refractivity contribution in [2.24, 2.45) is 5.73 Å². The maximum absolute atomic E-state index is 11.9. The van der Waals surface area contributed by atoms with Crippen LogP contribution in [0, 0.1) is 0 Å². The van der Waals surface area contributed by atoms with Gasteiger partial charge < -0.3 is 10.5 Å². The molecule has 4 heteroatoms. The van der Waals surface area contributed by atoms with Crippen LogP contribution in [0.5, 0.6) is 0 Å². The zero-order chi connectivity index (χ0) is 15.1. The van der Waals surface area contributed by atoms with Crippen molar-refractivity contribution in [3.05, 3.63) is 71.3 Å². The summed E-state index contributed by atoms with van der Waals surface area (Å²) in [7, 11) is 0. The number of ether oxygens (including phenoxy) is 1. The van der Waals surface area contributed by atoms with Gasteiger partial charge in [0.2, 0.25) is 0 Å². The van der Waals surface area contributed by atoms with Gasteiger partial charge in [-0.05, 0) is 17.5 Å². The first-order valence-corrected chi connectivity index (χ1v) is 6.70. The van der Waals surface area contributed by atoms with Gasteiger partial charge in [-0.1, -0.05) is 54.6 Å². The molecule has 1 atom stereocenters. The van der Waals surface area contributed by atoms with Crippen molar-refractivity contribution in [3.8, 4) is 0 Å². The van der Waals surface area contributed by atoms with Crippen molar-refractivity contribution in [1.82, 2.24) is 0 Å². The van der Waals surface area contributed by atoms with Crippen LogP contribution in [0.3, 0.4) is 0 Å². The maximum Gasteiger partial charge on any atom is 0.323 e. The topological polar surface area (TPSA) is 69.4 Å². The van der Waals surface area contributed by atoms with E-state index in [0.29, 0.717) is 5.56 Å². The molecule has 0 aliphatic heterocycles. The van der Waals surface area contributed by atoms with E-state index in [9.17, 15) is 9.59 Å². The van der Waals surface area contributed by atoms with Gasteiger partial charge in [0.05, 0.1) is 0 Å². The molecule has 108 valence electrons. The highest BCUT2D eigenvalue weighted by molar-refractivity contribution is 5.79. The standard InChI is InChI=1S/C17H17NO3/c18-16(10-14-8-4-5-9-15(14)11-19)17(20)21-12-13-6-2-1-3-7-13/h1-9,11,16H,10,12,18H2/t16-/m0/s1. The molecule has 0 aliphatic carbocycles. The minimum Gasteiger partial charge on any atom is -0.460 e. The van der Waals surface area contributed by atoms with E-state index in [4.69, 9.17) is 10.5 Å². The number of aldehydes is 1. The van der Waals surface area contributed by atoms with E-state index in [-0.39, 0.29) is 13.0 Å². The second-order valence-electron chi connectivity index (χ2n) is 4.72. The van der Waals surface area contributed by atoms with Gasteiger partial charge in [-0.25, -0.2) is 0 Å². The highest BCUT2D eigenvalue weighted by atomic mass is 16.5.